The predicted octanol–water partition coefficient (Wildman–Crippen LogP) is 3.88. The molecule has 0 aliphatic heterocycles. The van der Waals surface area contributed by atoms with Gasteiger partial charge in [0.05, 0.1) is 5.56 Å². The van der Waals surface area contributed by atoms with E-state index < -0.39 is 0 Å². The summed E-state index contributed by atoms with van der Waals surface area (Å²) in [5, 5.41) is 14.0. The molecule has 6 nitrogen and oxygen atoms in total. The van der Waals surface area contributed by atoms with Crippen molar-refractivity contribution >= 4 is 28.2 Å². The molecule has 3 aromatic rings. The van der Waals surface area contributed by atoms with Gasteiger partial charge < -0.3 is 5.32 Å². The van der Waals surface area contributed by atoms with Gasteiger partial charge in [-0.1, -0.05) is 55.0 Å². The van der Waals surface area contributed by atoms with Crippen molar-refractivity contribution in [2.24, 2.45) is 0 Å². The number of hydrogen-bond acceptors (Lipinski definition) is 6. The average Bonchev–Trinajstić information content (AvgIpc) is 3.13. The molecule has 1 aromatic carbocycles. The zero-order valence-electron chi connectivity index (χ0n) is 15.0. The lowest BCUT2D eigenvalue weighted by atomic mass is 9.84. The fourth-order valence-electron chi connectivity index (χ4n) is 2.51. The second-order valence-electron chi connectivity index (χ2n) is 6.74. The van der Waals surface area contributed by atoms with E-state index >= 15 is 0 Å². The lowest BCUT2D eigenvalue weighted by Crippen LogP contribution is -2.28. The smallest absolute Gasteiger partial charge is 0.259 e. The Kier molecular flexibility index (Phi) is 5.27. The molecule has 1 amide bonds. The van der Waals surface area contributed by atoms with Gasteiger partial charge in [-0.05, 0) is 24.6 Å². The second-order valence-corrected chi connectivity index (χ2v) is 7.57. The minimum absolute atomic E-state index is 0.0401. The largest absolute Gasteiger partial charge is 0.369 e. The van der Waals surface area contributed by atoms with E-state index in [1.165, 1.54) is 22.5 Å². The summed E-state index contributed by atoms with van der Waals surface area (Å²) in [6.07, 6.45) is 1.55. The van der Waals surface area contributed by atoms with Crippen molar-refractivity contribution in [3.8, 4) is 0 Å². The van der Waals surface area contributed by atoms with Crippen LogP contribution in [0.2, 0.25) is 0 Å². The molecule has 3 rings (SSSR count). The number of benzene rings is 1. The first-order valence-electron chi connectivity index (χ1n) is 8.29. The summed E-state index contributed by atoms with van der Waals surface area (Å²) >= 11 is 1.27. The van der Waals surface area contributed by atoms with Crippen molar-refractivity contribution in [2.75, 3.05) is 17.2 Å². The first-order valence-corrected chi connectivity index (χ1v) is 9.17. The lowest BCUT2D eigenvalue weighted by molar-refractivity contribution is 0.102. The van der Waals surface area contributed by atoms with Crippen LogP contribution >= 0.6 is 11.3 Å². The van der Waals surface area contributed by atoms with E-state index in [2.05, 4.69) is 70.9 Å². The molecule has 0 saturated carbocycles. The molecule has 0 aliphatic rings. The fourth-order valence-corrected chi connectivity index (χ4v) is 2.95. The van der Waals surface area contributed by atoms with Gasteiger partial charge >= 0.3 is 0 Å². The first-order chi connectivity index (χ1) is 12.4. The molecule has 7 heteroatoms. The highest BCUT2D eigenvalue weighted by Crippen LogP contribution is 2.24. The number of aryl methyl sites for hydroxylation is 1. The minimum atomic E-state index is -0.249. The quantitative estimate of drug-likeness (QED) is 0.691. The number of nitrogens with zero attached hydrogens (tertiary/aromatic N) is 3. The van der Waals surface area contributed by atoms with E-state index in [0.29, 0.717) is 10.7 Å². The highest BCUT2D eigenvalue weighted by atomic mass is 32.1. The van der Waals surface area contributed by atoms with Crippen LogP contribution in [0, 0.1) is 6.92 Å². The molecule has 26 heavy (non-hydrogen) atoms. The average molecular weight is 367 g/mol. The molecule has 2 heterocycles. The minimum Gasteiger partial charge on any atom is -0.369 e. The third-order valence-electron chi connectivity index (χ3n) is 4.12. The van der Waals surface area contributed by atoms with Crippen molar-refractivity contribution in [1.82, 2.24) is 15.2 Å². The molecule has 0 aliphatic carbocycles. The molecule has 0 saturated heterocycles. The summed E-state index contributed by atoms with van der Waals surface area (Å²) in [5.74, 6) is 0.485. The van der Waals surface area contributed by atoms with Crippen LogP contribution < -0.4 is 10.6 Å². The zero-order chi connectivity index (χ0) is 18.6. The van der Waals surface area contributed by atoms with Crippen LogP contribution in [0.3, 0.4) is 0 Å². The van der Waals surface area contributed by atoms with Crippen molar-refractivity contribution in [3.63, 3.8) is 0 Å². The van der Waals surface area contributed by atoms with Crippen LogP contribution in [-0.2, 0) is 5.41 Å². The van der Waals surface area contributed by atoms with E-state index in [1.807, 2.05) is 0 Å². The number of carbonyl (C=O) groups excluding carboxylic acids is 1. The van der Waals surface area contributed by atoms with Gasteiger partial charge in [0.1, 0.15) is 11.3 Å². The van der Waals surface area contributed by atoms with E-state index in [4.69, 9.17) is 0 Å². The molecular formula is C19H21N5OS. The maximum Gasteiger partial charge on any atom is 0.259 e. The molecule has 0 fully saturated rings. The van der Waals surface area contributed by atoms with Crippen molar-refractivity contribution < 1.29 is 4.79 Å². The Balaban J connectivity index is 1.61. The van der Waals surface area contributed by atoms with Crippen LogP contribution in [0.5, 0.6) is 0 Å². The highest BCUT2D eigenvalue weighted by molar-refractivity contribution is 7.13. The number of pyridine rings is 1. The van der Waals surface area contributed by atoms with Gasteiger partial charge in [-0.25, -0.2) is 4.98 Å². The Hall–Kier alpha value is -2.80. The SMILES string of the molecule is Cc1cccc(C(C)(C)CNc2ccc(C(=O)Nc3nncs3)cn2)c1. The summed E-state index contributed by atoms with van der Waals surface area (Å²) < 4.78 is 0. The van der Waals surface area contributed by atoms with Gasteiger partial charge in [0.15, 0.2) is 0 Å². The van der Waals surface area contributed by atoms with Gasteiger partial charge in [0.25, 0.3) is 5.91 Å². The third-order valence-corrected chi connectivity index (χ3v) is 4.72. The van der Waals surface area contributed by atoms with Gasteiger partial charge in [0, 0.05) is 18.2 Å². The summed E-state index contributed by atoms with van der Waals surface area (Å²) in [5.41, 5.74) is 4.53. The van der Waals surface area contributed by atoms with Crippen molar-refractivity contribution in [3.05, 3.63) is 64.8 Å². The molecule has 0 unspecified atom stereocenters. The maximum absolute atomic E-state index is 12.1. The Bertz CT molecular complexity index is 875. The number of amides is 1. The molecule has 0 radical (unpaired) electrons. The van der Waals surface area contributed by atoms with Gasteiger partial charge in [0.2, 0.25) is 5.13 Å². The Labute approximate surface area is 156 Å². The van der Waals surface area contributed by atoms with Crippen LogP contribution in [0.25, 0.3) is 0 Å². The Morgan fingerprint density at radius 3 is 2.73 bits per heavy atom. The molecule has 0 bridgehead atoms. The lowest BCUT2D eigenvalue weighted by Gasteiger charge is -2.26. The van der Waals surface area contributed by atoms with E-state index in [9.17, 15) is 4.79 Å². The number of nitrogens with one attached hydrogen (secondary N) is 2. The summed E-state index contributed by atoms with van der Waals surface area (Å²) in [6, 6.07) is 12.1. The van der Waals surface area contributed by atoms with Gasteiger partial charge in [-0.3, -0.25) is 10.1 Å². The molecule has 134 valence electrons. The first kappa shape index (κ1) is 18.0. The number of rotatable bonds is 6. The fraction of sp³-hybridized carbons (Fsp3) is 0.263. The maximum atomic E-state index is 12.1. The zero-order valence-corrected chi connectivity index (χ0v) is 15.8. The van der Waals surface area contributed by atoms with E-state index in [0.717, 1.165) is 12.4 Å². The normalized spacial score (nSPS) is 11.2. The molecule has 0 atom stereocenters. The molecule has 0 spiro atoms. The summed E-state index contributed by atoms with van der Waals surface area (Å²) in [4.78, 5) is 16.5. The van der Waals surface area contributed by atoms with Crippen molar-refractivity contribution in [1.29, 1.82) is 0 Å². The van der Waals surface area contributed by atoms with Gasteiger partial charge in [-0.15, -0.1) is 10.2 Å². The van der Waals surface area contributed by atoms with E-state index in [1.54, 1.807) is 23.8 Å². The van der Waals surface area contributed by atoms with Crippen LogP contribution in [0.15, 0.2) is 48.1 Å². The van der Waals surface area contributed by atoms with Crippen LogP contribution in [0.1, 0.15) is 35.3 Å². The number of aromatic nitrogens is 3. The predicted molar refractivity (Wildman–Crippen MR) is 105 cm³/mol. The molecule has 2 aromatic heterocycles. The molecule has 2 N–H and O–H groups in total. The van der Waals surface area contributed by atoms with Gasteiger partial charge in [-0.2, -0.15) is 0 Å². The third kappa shape index (κ3) is 4.43. The highest BCUT2D eigenvalue weighted by Gasteiger charge is 2.20. The summed E-state index contributed by atoms with van der Waals surface area (Å²) in [7, 11) is 0. The summed E-state index contributed by atoms with van der Waals surface area (Å²) in [6.45, 7) is 7.22. The monoisotopic (exact) mass is 367 g/mol. The molecular weight excluding hydrogens is 346 g/mol. The Morgan fingerprint density at radius 1 is 1.23 bits per heavy atom. The number of anilines is 2. The second kappa shape index (κ2) is 7.61. The number of hydrogen-bond donors (Lipinski definition) is 2. The Morgan fingerprint density at radius 2 is 2.08 bits per heavy atom. The van der Waals surface area contributed by atoms with Crippen molar-refractivity contribution in [2.45, 2.75) is 26.2 Å². The number of carbonyl (C=O) groups is 1. The topological polar surface area (TPSA) is 79.8 Å². The van der Waals surface area contributed by atoms with Crippen LogP contribution in [0.4, 0.5) is 10.9 Å². The van der Waals surface area contributed by atoms with Crippen LogP contribution in [-0.4, -0.2) is 27.6 Å². The van der Waals surface area contributed by atoms with E-state index in [-0.39, 0.29) is 11.3 Å². The standard InChI is InChI=1S/C19H21N5OS/c1-13-5-4-6-15(9-13)19(2,3)11-21-16-8-7-14(10-20-16)17(25)23-18-24-22-12-26-18/h4-10,12H,11H2,1-3H3,(H,20,21)(H,23,24,25).